The van der Waals surface area contributed by atoms with Gasteiger partial charge < -0.3 is 23.7 Å². The Morgan fingerprint density at radius 3 is 0.747 bits per heavy atom. The highest BCUT2D eigenvalue weighted by molar-refractivity contribution is 5.70. The minimum absolute atomic E-state index is 0.0722. The largest absolute Gasteiger partial charge is 0.463 e. The lowest BCUT2D eigenvalue weighted by Crippen LogP contribution is -2.53. The van der Waals surface area contributed by atoms with Crippen LogP contribution in [0.25, 0.3) is 0 Å². The van der Waals surface area contributed by atoms with Gasteiger partial charge in [0.25, 0.3) is 0 Å². The molecule has 2 aliphatic rings. The fraction of sp³-hybridized carbons (Fsp3) is 0.972. The van der Waals surface area contributed by atoms with E-state index in [-0.39, 0.29) is 61.0 Å². The van der Waals surface area contributed by atoms with Gasteiger partial charge in [0.05, 0.1) is 12.2 Å². The molecule has 0 radical (unpaired) electrons. The van der Waals surface area contributed by atoms with Gasteiger partial charge in [-0.2, -0.15) is 0 Å². The first kappa shape index (κ1) is 73.9. The molecule has 468 valence electrons. The van der Waals surface area contributed by atoms with Crippen LogP contribution < -0.4 is 0 Å². The van der Waals surface area contributed by atoms with Gasteiger partial charge in [-0.1, -0.05) is 326 Å². The predicted octanol–water partition coefficient (Wildman–Crippen LogP) is 22.6. The summed E-state index contributed by atoms with van der Waals surface area (Å²) in [5.74, 6) is 1.96. The number of carbonyl (C=O) groups is 2. The SMILES string of the molecule is CCCCCCCCCCCCC(CCCCCCCCCCCC)CC(=O)OCC1O[C@@H](O[C@@H]2OC(COC(=O)CC(CCCCCCCCCCCC)CCCCCCCCCCCC)[C@H](C)[C@H](C)C2C)C(C)[C@@H](C)[C@H]1C. The molecule has 0 aromatic rings. The lowest BCUT2D eigenvalue weighted by atomic mass is 9.78. The van der Waals surface area contributed by atoms with E-state index in [1.807, 2.05) is 0 Å². The van der Waals surface area contributed by atoms with Gasteiger partial charge in [-0.05, 0) is 61.2 Å². The molecule has 7 heteroatoms. The van der Waals surface area contributed by atoms with Crippen LogP contribution in [0.3, 0.4) is 0 Å². The van der Waals surface area contributed by atoms with Crippen molar-refractivity contribution in [2.45, 2.75) is 389 Å². The maximum Gasteiger partial charge on any atom is 0.306 e. The van der Waals surface area contributed by atoms with Gasteiger partial charge in [-0.3, -0.25) is 9.59 Å². The molecule has 0 bridgehead atoms. The fourth-order valence-electron chi connectivity index (χ4n) is 13.1. The van der Waals surface area contributed by atoms with Gasteiger partial charge >= 0.3 is 11.9 Å². The monoisotopic (exact) mass is 1120 g/mol. The summed E-state index contributed by atoms with van der Waals surface area (Å²) in [4.78, 5) is 27.4. The molecule has 0 amide bonds. The molecule has 0 aromatic carbocycles. The molecule has 7 nitrogen and oxygen atoms in total. The number of unbranched alkanes of at least 4 members (excludes halogenated alkanes) is 36. The average Bonchev–Trinajstić information content (AvgIpc) is 3.47. The van der Waals surface area contributed by atoms with Crippen LogP contribution in [0.5, 0.6) is 0 Å². The third kappa shape index (κ3) is 36.3. The van der Waals surface area contributed by atoms with Crippen LogP contribution in [0.15, 0.2) is 0 Å². The summed E-state index contributed by atoms with van der Waals surface area (Å²) in [5.41, 5.74) is 0. The number of carbonyl (C=O) groups excluding carboxylic acids is 2. The van der Waals surface area contributed by atoms with Crippen LogP contribution in [0.1, 0.15) is 365 Å². The summed E-state index contributed by atoms with van der Waals surface area (Å²) < 4.78 is 32.8. The lowest BCUT2D eigenvalue weighted by Gasteiger charge is -2.48. The normalized spacial score (nSPS) is 23.5. The summed E-state index contributed by atoms with van der Waals surface area (Å²) in [6, 6.07) is 0. The standard InChI is InChI=1S/C72H138O7/c1-11-15-19-23-27-31-35-39-43-47-51-65(52-48-44-40-36-32-28-24-20-16-12-2)55-69(73)75-57-67-61(7)59(5)63(9)71(77-67)79-72-64(10)60(6)62(8)68(78-72)58-76-70(74)56-66(53-49-45-41-37-33-29-25-21-17-13-3)54-50-46-42-38-34-30-26-22-18-14-4/h59-68,71-72H,11-58H2,1-10H3/t59-,60-,61+,62+,63?,64?,67?,68?,71-,72-/m0/s1. The molecule has 2 saturated heterocycles. The molecule has 0 N–H and O–H groups in total. The molecular formula is C72H138O7. The Morgan fingerprint density at radius 2 is 0.519 bits per heavy atom. The van der Waals surface area contributed by atoms with Crippen LogP contribution in [0.2, 0.25) is 0 Å². The Hall–Kier alpha value is -1.18. The first-order chi connectivity index (χ1) is 38.5. The molecule has 4 unspecified atom stereocenters. The van der Waals surface area contributed by atoms with Gasteiger partial charge in [0.2, 0.25) is 0 Å². The predicted molar refractivity (Wildman–Crippen MR) is 337 cm³/mol. The van der Waals surface area contributed by atoms with Gasteiger partial charge in [-0.15, -0.1) is 0 Å². The van der Waals surface area contributed by atoms with E-state index in [2.05, 4.69) is 69.2 Å². The van der Waals surface area contributed by atoms with E-state index < -0.39 is 12.6 Å². The molecule has 0 spiro atoms. The Labute approximate surface area is 493 Å². The molecule has 2 fully saturated rings. The van der Waals surface area contributed by atoms with Crippen molar-refractivity contribution >= 4 is 11.9 Å². The van der Waals surface area contributed by atoms with Gasteiger partial charge in [0.15, 0.2) is 12.6 Å². The Morgan fingerprint density at radius 1 is 0.304 bits per heavy atom. The van der Waals surface area contributed by atoms with E-state index >= 15 is 0 Å². The number of ether oxygens (including phenoxy) is 5. The number of hydrogen-bond donors (Lipinski definition) is 0. The summed E-state index contributed by atoms with van der Waals surface area (Å²) in [6.07, 6.45) is 57.5. The maximum absolute atomic E-state index is 13.7. The zero-order valence-electron chi connectivity index (χ0n) is 54.7. The number of esters is 2. The highest BCUT2D eigenvalue weighted by atomic mass is 16.8. The van der Waals surface area contributed by atoms with E-state index in [0.717, 1.165) is 25.7 Å². The minimum Gasteiger partial charge on any atom is -0.463 e. The van der Waals surface area contributed by atoms with E-state index in [1.54, 1.807) is 0 Å². The van der Waals surface area contributed by atoms with E-state index in [4.69, 9.17) is 23.7 Å². The van der Waals surface area contributed by atoms with Crippen molar-refractivity contribution in [3.8, 4) is 0 Å². The Bertz CT molecular complexity index is 1220. The van der Waals surface area contributed by atoms with Crippen molar-refractivity contribution in [1.29, 1.82) is 0 Å². The first-order valence-corrected chi connectivity index (χ1v) is 35.7. The second kappa shape index (κ2) is 50.2. The van der Waals surface area contributed by atoms with Crippen LogP contribution in [-0.2, 0) is 33.3 Å². The molecule has 2 aliphatic heterocycles. The summed E-state index contributed by atoms with van der Waals surface area (Å²) in [6.45, 7) is 23.2. The number of hydrogen-bond acceptors (Lipinski definition) is 7. The van der Waals surface area contributed by atoms with Crippen molar-refractivity contribution < 1.29 is 33.3 Å². The van der Waals surface area contributed by atoms with Crippen molar-refractivity contribution in [1.82, 2.24) is 0 Å². The zero-order valence-corrected chi connectivity index (χ0v) is 54.7. The Balaban J connectivity index is 1.95. The molecule has 0 aromatic heterocycles. The van der Waals surface area contributed by atoms with E-state index in [9.17, 15) is 9.59 Å². The third-order valence-corrected chi connectivity index (χ3v) is 19.8. The molecule has 0 saturated carbocycles. The molecule has 79 heavy (non-hydrogen) atoms. The van der Waals surface area contributed by atoms with Crippen LogP contribution in [0, 0.1) is 47.3 Å². The van der Waals surface area contributed by atoms with Crippen molar-refractivity contribution in [3.05, 3.63) is 0 Å². The molecule has 2 rings (SSSR count). The average molecular weight is 1120 g/mol. The summed E-state index contributed by atoms with van der Waals surface area (Å²) >= 11 is 0. The maximum atomic E-state index is 13.7. The fourth-order valence-corrected chi connectivity index (χ4v) is 13.1. The van der Waals surface area contributed by atoms with Gasteiger partial charge in [0, 0.05) is 24.7 Å². The molecule has 0 aliphatic carbocycles. The topological polar surface area (TPSA) is 80.3 Å². The molecule has 10 atom stereocenters. The first-order valence-electron chi connectivity index (χ1n) is 35.7. The number of rotatable bonds is 54. The Kier molecular flexibility index (Phi) is 46.9. The van der Waals surface area contributed by atoms with E-state index in [0.29, 0.717) is 36.5 Å². The van der Waals surface area contributed by atoms with Crippen LogP contribution in [0.4, 0.5) is 0 Å². The lowest BCUT2D eigenvalue weighted by molar-refractivity contribution is -0.344. The summed E-state index contributed by atoms with van der Waals surface area (Å²) in [7, 11) is 0. The van der Waals surface area contributed by atoms with Crippen LogP contribution in [-0.4, -0.2) is 49.9 Å². The smallest absolute Gasteiger partial charge is 0.306 e. The van der Waals surface area contributed by atoms with Crippen LogP contribution >= 0.6 is 0 Å². The summed E-state index contributed by atoms with van der Waals surface area (Å²) in [5, 5.41) is 0. The zero-order chi connectivity index (χ0) is 57.6. The second-order valence-electron chi connectivity index (χ2n) is 26.8. The molecular weight excluding hydrogens is 977 g/mol. The minimum atomic E-state index is -0.482. The highest BCUT2D eigenvalue weighted by Gasteiger charge is 2.46. The van der Waals surface area contributed by atoms with Gasteiger partial charge in [-0.25, -0.2) is 0 Å². The highest BCUT2D eigenvalue weighted by Crippen LogP contribution is 2.41. The van der Waals surface area contributed by atoms with E-state index in [1.165, 1.54) is 257 Å². The third-order valence-electron chi connectivity index (χ3n) is 19.8. The van der Waals surface area contributed by atoms with Crippen molar-refractivity contribution in [3.63, 3.8) is 0 Å². The van der Waals surface area contributed by atoms with Crippen molar-refractivity contribution in [2.75, 3.05) is 13.2 Å². The van der Waals surface area contributed by atoms with Gasteiger partial charge in [0.1, 0.15) is 13.2 Å². The molecule has 2 heterocycles. The second-order valence-corrected chi connectivity index (χ2v) is 26.8. The quantitative estimate of drug-likeness (QED) is 0.0443. The van der Waals surface area contributed by atoms with Crippen molar-refractivity contribution in [2.24, 2.45) is 47.3 Å².